The second kappa shape index (κ2) is 16.5. The Hall–Kier alpha value is -1.22. The van der Waals surface area contributed by atoms with Gasteiger partial charge in [-0.05, 0) is 27.7 Å². The number of rotatable bonds is 12. The van der Waals surface area contributed by atoms with Crippen LogP contribution in [-0.2, 0) is 38.0 Å². The Morgan fingerprint density at radius 2 is 0.971 bits per heavy atom. The number of hydrogen-bond acceptors (Lipinski definition) is 8. The van der Waals surface area contributed by atoms with Crippen molar-refractivity contribution in [1.29, 1.82) is 0 Å². The predicted octanol–water partition coefficient (Wildman–Crippen LogP) is 4.61. The molecule has 3 aliphatic rings. The fraction of sp³-hybridized carbons (Fsp3) is 0.923. The van der Waals surface area contributed by atoms with Crippen LogP contribution in [0.4, 0.5) is 0 Å². The van der Waals surface area contributed by atoms with Crippen molar-refractivity contribution in [3.63, 3.8) is 0 Å². The summed E-state index contributed by atoms with van der Waals surface area (Å²) in [6.45, 7) is 14.5. The molecule has 2 unspecified atom stereocenters. The van der Waals surface area contributed by atoms with Gasteiger partial charge in [-0.25, -0.2) is 0 Å². The minimum Gasteiger partial charge on any atom is -0.460 e. The number of epoxide rings is 2. The maximum atomic E-state index is 10.7. The lowest BCUT2D eigenvalue weighted by Gasteiger charge is -2.24. The van der Waals surface area contributed by atoms with Gasteiger partial charge in [0.25, 0.3) is 0 Å². The SMILES string of the molecule is C1CCCCC1.CC(=O)OC(C)(C)CCOCC1CO1.CC(=O)OC(C)(C)CCOCC1CO1. The Kier molecular flexibility index (Phi) is 14.9. The lowest BCUT2D eigenvalue weighted by atomic mass is 10.0. The van der Waals surface area contributed by atoms with E-state index >= 15 is 0 Å². The van der Waals surface area contributed by atoms with Gasteiger partial charge in [-0.15, -0.1) is 0 Å². The summed E-state index contributed by atoms with van der Waals surface area (Å²) in [6, 6.07) is 0. The Labute approximate surface area is 206 Å². The highest BCUT2D eigenvalue weighted by Crippen LogP contribution is 2.17. The summed E-state index contributed by atoms with van der Waals surface area (Å²) in [7, 11) is 0. The molecule has 34 heavy (non-hydrogen) atoms. The van der Waals surface area contributed by atoms with E-state index in [9.17, 15) is 9.59 Å². The van der Waals surface area contributed by atoms with Crippen molar-refractivity contribution in [1.82, 2.24) is 0 Å². The van der Waals surface area contributed by atoms with Crippen molar-refractivity contribution in [3.8, 4) is 0 Å². The fourth-order valence-electron chi connectivity index (χ4n) is 3.33. The van der Waals surface area contributed by atoms with E-state index in [1.54, 1.807) is 0 Å². The van der Waals surface area contributed by atoms with Crippen molar-refractivity contribution < 1.29 is 38.0 Å². The van der Waals surface area contributed by atoms with Gasteiger partial charge in [-0.3, -0.25) is 9.59 Å². The molecule has 1 aliphatic carbocycles. The molecule has 0 spiro atoms. The number of hydrogen-bond donors (Lipinski definition) is 0. The van der Waals surface area contributed by atoms with Crippen LogP contribution in [0.15, 0.2) is 0 Å². The molecule has 0 bridgehead atoms. The van der Waals surface area contributed by atoms with E-state index in [-0.39, 0.29) is 11.9 Å². The van der Waals surface area contributed by atoms with Crippen molar-refractivity contribution in [2.75, 3.05) is 39.6 Å². The minimum atomic E-state index is -0.434. The summed E-state index contributed by atoms with van der Waals surface area (Å²) in [5.41, 5.74) is -0.869. The molecule has 3 fully saturated rings. The number of ether oxygens (including phenoxy) is 6. The van der Waals surface area contributed by atoms with Gasteiger partial charge in [0.15, 0.2) is 0 Å². The maximum Gasteiger partial charge on any atom is 0.303 e. The van der Waals surface area contributed by atoms with E-state index in [0.29, 0.717) is 51.5 Å². The van der Waals surface area contributed by atoms with E-state index in [2.05, 4.69) is 0 Å². The minimum absolute atomic E-state index is 0.250. The molecule has 0 amide bonds. The molecule has 0 aromatic heterocycles. The smallest absolute Gasteiger partial charge is 0.303 e. The largest absolute Gasteiger partial charge is 0.460 e. The first kappa shape index (κ1) is 30.8. The highest BCUT2D eigenvalue weighted by atomic mass is 16.6. The Balaban J connectivity index is 0.000000274. The van der Waals surface area contributed by atoms with Gasteiger partial charge in [0, 0.05) is 26.7 Å². The molecular weight excluding hydrogens is 440 g/mol. The van der Waals surface area contributed by atoms with E-state index < -0.39 is 11.2 Å². The second-order valence-electron chi connectivity index (χ2n) is 10.4. The predicted molar refractivity (Wildman–Crippen MR) is 130 cm³/mol. The van der Waals surface area contributed by atoms with Crippen molar-refractivity contribution in [2.45, 2.75) is 116 Å². The molecular formula is C26H48O8. The lowest BCUT2D eigenvalue weighted by Crippen LogP contribution is -2.28. The van der Waals surface area contributed by atoms with Gasteiger partial charge in [0.05, 0.1) is 39.6 Å². The van der Waals surface area contributed by atoms with Crippen LogP contribution in [0.5, 0.6) is 0 Å². The average molecular weight is 489 g/mol. The van der Waals surface area contributed by atoms with Crippen LogP contribution in [0.3, 0.4) is 0 Å². The summed E-state index contributed by atoms with van der Waals surface area (Å²) in [4.78, 5) is 21.5. The van der Waals surface area contributed by atoms with Crippen LogP contribution in [0.25, 0.3) is 0 Å². The van der Waals surface area contributed by atoms with Crippen molar-refractivity contribution in [3.05, 3.63) is 0 Å². The van der Waals surface area contributed by atoms with Gasteiger partial charge in [-0.2, -0.15) is 0 Å². The van der Waals surface area contributed by atoms with Gasteiger partial charge in [0.2, 0.25) is 0 Å². The highest BCUT2D eigenvalue weighted by Gasteiger charge is 2.25. The van der Waals surface area contributed by atoms with Crippen molar-refractivity contribution >= 4 is 11.9 Å². The molecule has 8 nitrogen and oxygen atoms in total. The molecule has 0 N–H and O–H groups in total. The lowest BCUT2D eigenvalue weighted by molar-refractivity contribution is -0.156. The molecule has 2 heterocycles. The summed E-state index contributed by atoms with van der Waals surface area (Å²) >= 11 is 0. The van der Waals surface area contributed by atoms with Gasteiger partial charge in [-0.1, -0.05) is 38.5 Å². The average Bonchev–Trinajstić information content (AvgIpc) is 3.65. The summed E-state index contributed by atoms with van der Waals surface area (Å²) in [6.07, 6.45) is 11.0. The van der Waals surface area contributed by atoms with E-state index in [4.69, 9.17) is 28.4 Å². The second-order valence-corrected chi connectivity index (χ2v) is 10.4. The Morgan fingerprint density at radius 1 is 0.676 bits per heavy atom. The van der Waals surface area contributed by atoms with Gasteiger partial charge < -0.3 is 28.4 Å². The molecule has 2 atom stereocenters. The van der Waals surface area contributed by atoms with Gasteiger partial charge in [0.1, 0.15) is 23.4 Å². The summed E-state index contributed by atoms with van der Waals surface area (Å²) in [5, 5.41) is 0. The monoisotopic (exact) mass is 488 g/mol. The molecule has 8 heteroatoms. The topological polar surface area (TPSA) is 96.1 Å². The molecule has 200 valence electrons. The van der Waals surface area contributed by atoms with E-state index in [0.717, 1.165) is 13.2 Å². The first-order valence-electron chi connectivity index (χ1n) is 12.8. The zero-order valence-electron chi connectivity index (χ0n) is 22.3. The number of carbonyl (C=O) groups excluding carboxylic acids is 2. The van der Waals surface area contributed by atoms with E-state index in [1.807, 2.05) is 27.7 Å². The van der Waals surface area contributed by atoms with Crippen molar-refractivity contribution in [2.24, 2.45) is 0 Å². The molecule has 3 rings (SSSR count). The van der Waals surface area contributed by atoms with E-state index in [1.165, 1.54) is 52.4 Å². The van der Waals surface area contributed by atoms with Gasteiger partial charge >= 0.3 is 11.9 Å². The third kappa shape index (κ3) is 20.2. The third-order valence-corrected chi connectivity index (χ3v) is 5.45. The zero-order valence-corrected chi connectivity index (χ0v) is 22.3. The quantitative estimate of drug-likeness (QED) is 0.223. The van der Waals surface area contributed by atoms with Crippen LogP contribution in [0.1, 0.15) is 92.9 Å². The summed E-state index contributed by atoms with van der Waals surface area (Å²) < 4.78 is 30.9. The standard InChI is InChI=1S/2C10H18O4.C6H12/c2*1-8(11)14-10(2,3)4-5-12-6-9-7-13-9;1-2-4-6-5-3-1/h2*9H,4-7H2,1-3H3;1-6H2. The third-order valence-electron chi connectivity index (χ3n) is 5.45. The van der Waals surface area contributed by atoms with Crippen LogP contribution in [0, 0.1) is 0 Å². The highest BCUT2D eigenvalue weighted by molar-refractivity contribution is 5.66. The first-order valence-corrected chi connectivity index (χ1v) is 12.8. The molecule has 1 saturated carbocycles. The maximum absolute atomic E-state index is 10.7. The van der Waals surface area contributed by atoms with Crippen LogP contribution in [-0.4, -0.2) is 75.0 Å². The Morgan fingerprint density at radius 3 is 1.21 bits per heavy atom. The summed E-state index contributed by atoms with van der Waals surface area (Å²) in [5.74, 6) is -0.499. The van der Waals surface area contributed by atoms with Crippen LogP contribution >= 0.6 is 0 Å². The van der Waals surface area contributed by atoms with Crippen LogP contribution < -0.4 is 0 Å². The molecule has 0 aromatic carbocycles. The fourth-order valence-corrected chi connectivity index (χ4v) is 3.33. The number of esters is 2. The molecule has 2 aliphatic heterocycles. The zero-order chi connectivity index (χ0) is 25.5. The first-order chi connectivity index (χ1) is 16.0. The van der Waals surface area contributed by atoms with Crippen LogP contribution in [0.2, 0.25) is 0 Å². The normalized spacial score (nSPS) is 21.2. The Bertz CT molecular complexity index is 508. The molecule has 0 radical (unpaired) electrons. The molecule has 2 saturated heterocycles. The number of carbonyl (C=O) groups is 2. The molecule has 0 aromatic rings.